The standard InChI is InChI=1S/C29H25FN6O3/c30-24-9-17(16-1-2-16)3-4-21(24)29(38)35-28-23(12-37)20(6-8-32-28)19-5-7-31-27-22(19)10-25(34-27)26-11-36(15-33-26)18-13-39-14-18/h3-11,15-16,18,37H,1-2,12-14H2,(H,31,34)(H,32,35,38). The van der Waals surface area contributed by atoms with Crippen LogP contribution in [0.25, 0.3) is 33.5 Å². The Balaban J connectivity index is 1.22. The molecule has 4 aromatic heterocycles. The highest BCUT2D eigenvalue weighted by atomic mass is 19.1. The normalized spacial score (nSPS) is 15.4. The lowest BCUT2D eigenvalue weighted by Crippen LogP contribution is -2.29. The van der Waals surface area contributed by atoms with E-state index in [0.717, 1.165) is 40.7 Å². The lowest BCUT2D eigenvalue weighted by Gasteiger charge is -2.26. The number of amides is 1. The van der Waals surface area contributed by atoms with E-state index in [-0.39, 0.29) is 18.0 Å². The number of aromatic nitrogens is 5. The van der Waals surface area contributed by atoms with Crippen LogP contribution in [0, 0.1) is 5.82 Å². The second kappa shape index (κ2) is 9.40. The number of halogens is 1. The Morgan fingerprint density at radius 2 is 1.92 bits per heavy atom. The first-order chi connectivity index (χ1) is 19.1. The molecular weight excluding hydrogens is 499 g/mol. The number of ether oxygens (including phenoxy) is 1. The monoisotopic (exact) mass is 524 g/mol. The van der Waals surface area contributed by atoms with Crippen LogP contribution in [0.4, 0.5) is 10.2 Å². The minimum absolute atomic E-state index is 0.0648. The molecule has 0 atom stereocenters. The van der Waals surface area contributed by atoms with Gasteiger partial charge in [-0.2, -0.15) is 0 Å². The summed E-state index contributed by atoms with van der Waals surface area (Å²) < 4.78 is 22.1. The zero-order valence-electron chi connectivity index (χ0n) is 20.9. The second-order valence-electron chi connectivity index (χ2n) is 10.0. The number of anilines is 1. The van der Waals surface area contributed by atoms with Crippen LogP contribution in [-0.4, -0.2) is 48.7 Å². The number of H-pyrrole nitrogens is 1. The van der Waals surface area contributed by atoms with Crippen molar-refractivity contribution in [2.45, 2.75) is 31.4 Å². The van der Waals surface area contributed by atoms with E-state index in [1.165, 1.54) is 12.1 Å². The molecule has 0 radical (unpaired) electrons. The molecule has 1 aromatic carbocycles. The van der Waals surface area contributed by atoms with Gasteiger partial charge in [0.1, 0.15) is 23.0 Å². The third kappa shape index (κ3) is 4.27. The molecule has 2 fully saturated rings. The molecule has 5 heterocycles. The molecule has 1 aliphatic heterocycles. The summed E-state index contributed by atoms with van der Waals surface area (Å²) in [5.74, 6) is -0.630. The average molecular weight is 525 g/mol. The molecule has 5 aromatic rings. The summed E-state index contributed by atoms with van der Waals surface area (Å²) in [7, 11) is 0. The van der Waals surface area contributed by atoms with Crippen LogP contribution in [0.15, 0.2) is 61.3 Å². The summed E-state index contributed by atoms with van der Waals surface area (Å²) in [4.78, 5) is 29.6. The molecule has 1 saturated heterocycles. The van der Waals surface area contributed by atoms with Gasteiger partial charge < -0.3 is 24.7 Å². The fourth-order valence-corrected chi connectivity index (χ4v) is 5.04. The number of nitrogens with one attached hydrogen (secondary N) is 2. The maximum absolute atomic E-state index is 14.8. The second-order valence-corrected chi connectivity index (χ2v) is 10.0. The van der Waals surface area contributed by atoms with Gasteiger partial charge in [-0.3, -0.25) is 4.79 Å². The molecule has 9 nitrogen and oxygen atoms in total. The number of aliphatic hydroxyl groups excluding tert-OH is 1. The Morgan fingerprint density at radius 1 is 1.10 bits per heavy atom. The van der Waals surface area contributed by atoms with Crippen LogP contribution in [0.1, 0.15) is 46.3 Å². The zero-order valence-corrected chi connectivity index (χ0v) is 20.9. The fraction of sp³-hybridized carbons (Fsp3) is 0.241. The molecule has 10 heteroatoms. The number of pyridine rings is 2. The summed E-state index contributed by atoms with van der Waals surface area (Å²) in [5.41, 5.74) is 5.01. The Kier molecular flexibility index (Phi) is 5.71. The molecule has 7 rings (SSSR count). The minimum Gasteiger partial charge on any atom is -0.392 e. The van der Waals surface area contributed by atoms with Crippen LogP contribution >= 0.6 is 0 Å². The SMILES string of the molecule is O=C(Nc1nccc(-c2ccnc3[nH]c(-c4cn(C5COC5)cn4)cc23)c1CO)c1ccc(C2CC2)cc1F. The molecule has 3 N–H and O–H groups in total. The molecular formula is C29H25FN6O3. The van der Waals surface area contributed by atoms with Crippen molar-refractivity contribution in [1.82, 2.24) is 24.5 Å². The van der Waals surface area contributed by atoms with E-state index in [0.29, 0.717) is 41.9 Å². The maximum atomic E-state index is 14.8. The molecule has 0 spiro atoms. The maximum Gasteiger partial charge on any atom is 0.259 e. The summed E-state index contributed by atoms with van der Waals surface area (Å²) in [6.07, 6.45) is 9.11. The fourth-order valence-electron chi connectivity index (χ4n) is 5.04. The number of imidazole rings is 1. The Morgan fingerprint density at radius 3 is 2.67 bits per heavy atom. The van der Waals surface area contributed by atoms with Gasteiger partial charge in [-0.1, -0.05) is 6.07 Å². The predicted octanol–water partition coefficient (Wildman–Crippen LogP) is 4.82. The number of hydrogen-bond acceptors (Lipinski definition) is 6. The number of carbonyl (C=O) groups excluding carboxylic acids is 1. The van der Waals surface area contributed by atoms with Crippen LogP contribution in [0.2, 0.25) is 0 Å². The lowest BCUT2D eigenvalue weighted by molar-refractivity contribution is -0.0233. The molecule has 39 heavy (non-hydrogen) atoms. The van der Waals surface area contributed by atoms with Crippen LogP contribution in [0.3, 0.4) is 0 Å². The first-order valence-electron chi connectivity index (χ1n) is 12.9. The number of nitrogens with zero attached hydrogens (tertiary/aromatic N) is 4. The number of hydrogen-bond donors (Lipinski definition) is 3. The number of fused-ring (bicyclic) bond motifs is 1. The van der Waals surface area contributed by atoms with Crippen molar-refractivity contribution in [3.8, 4) is 22.5 Å². The Bertz CT molecular complexity index is 1720. The summed E-state index contributed by atoms with van der Waals surface area (Å²) in [5, 5.41) is 13.9. The van der Waals surface area contributed by atoms with Gasteiger partial charge in [-0.25, -0.2) is 19.3 Å². The van der Waals surface area contributed by atoms with E-state index in [1.807, 2.05) is 22.9 Å². The largest absolute Gasteiger partial charge is 0.392 e. The van der Waals surface area contributed by atoms with Crippen molar-refractivity contribution < 1.29 is 19.0 Å². The van der Waals surface area contributed by atoms with Crippen molar-refractivity contribution >= 4 is 22.8 Å². The smallest absolute Gasteiger partial charge is 0.259 e. The number of rotatable bonds is 7. The molecule has 2 aliphatic rings. The first kappa shape index (κ1) is 23.7. The minimum atomic E-state index is -0.620. The number of carbonyl (C=O) groups is 1. The number of aliphatic hydroxyl groups is 1. The van der Waals surface area contributed by atoms with Gasteiger partial charge in [0.2, 0.25) is 0 Å². The van der Waals surface area contributed by atoms with Crippen molar-refractivity contribution in [3.05, 3.63) is 83.8 Å². The summed E-state index contributed by atoms with van der Waals surface area (Å²) in [6.45, 7) is 0.978. The van der Waals surface area contributed by atoms with Gasteiger partial charge in [0.15, 0.2) is 0 Å². The van der Waals surface area contributed by atoms with Crippen molar-refractivity contribution in [2.24, 2.45) is 0 Å². The molecule has 0 bridgehead atoms. The van der Waals surface area contributed by atoms with Crippen molar-refractivity contribution in [1.29, 1.82) is 0 Å². The van der Waals surface area contributed by atoms with Gasteiger partial charge in [0.25, 0.3) is 5.91 Å². The van der Waals surface area contributed by atoms with E-state index < -0.39 is 11.7 Å². The highest BCUT2D eigenvalue weighted by molar-refractivity contribution is 6.05. The highest BCUT2D eigenvalue weighted by Gasteiger charge is 2.26. The van der Waals surface area contributed by atoms with Gasteiger partial charge in [0.05, 0.1) is 43.4 Å². The first-order valence-corrected chi connectivity index (χ1v) is 12.9. The molecule has 196 valence electrons. The molecule has 0 unspecified atom stereocenters. The van der Waals surface area contributed by atoms with E-state index in [1.54, 1.807) is 30.9 Å². The topological polar surface area (TPSA) is 118 Å². The van der Waals surface area contributed by atoms with Gasteiger partial charge in [-0.05, 0) is 65.8 Å². The predicted molar refractivity (Wildman–Crippen MR) is 143 cm³/mol. The Labute approximate surface area is 222 Å². The van der Waals surface area contributed by atoms with Gasteiger partial charge in [0, 0.05) is 29.5 Å². The van der Waals surface area contributed by atoms with Crippen LogP contribution in [-0.2, 0) is 11.3 Å². The van der Waals surface area contributed by atoms with E-state index in [2.05, 4.69) is 25.3 Å². The third-order valence-corrected chi connectivity index (χ3v) is 7.47. The van der Waals surface area contributed by atoms with E-state index in [4.69, 9.17) is 4.74 Å². The molecule has 1 saturated carbocycles. The third-order valence-electron chi connectivity index (χ3n) is 7.47. The highest BCUT2D eigenvalue weighted by Crippen LogP contribution is 2.40. The average Bonchev–Trinajstić information content (AvgIpc) is 3.49. The quantitative estimate of drug-likeness (QED) is 0.281. The summed E-state index contributed by atoms with van der Waals surface area (Å²) >= 11 is 0. The lowest BCUT2D eigenvalue weighted by atomic mass is 9.99. The van der Waals surface area contributed by atoms with Crippen molar-refractivity contribution in [3.63, 3.8) is 0 Å². The number of benzene rings is 1. The van der Waals surface area contributed by atoms with E-state index in [9.17, 15) is 14.3 Å². The molecule has 1 aliphatic carbocycles. The van der Waals surface area contributed by atoms with Gasteiger partial charge >= 0.3 is 0 Å². The summed E-state index contributed by atoms with van der Waals surface area (Å²) in [6, 6.07) is 10.6. The van der Waals surface area contributed by atoms with Crippen LogP contribution in [0.5, 0.6) is 0 Å². The van der Waals surface area contributed by atoms with Crippen molar-refractivity contribution in [2.75, 3.05) is 18.5 Å². The molecule has 1 amide bonds. The van der Waals surface area contributed by atoms with Crippen LogP contribution < -0.4 is 5.32 Å². The van der Waals surface area contributed by atoms with Gasteiger partial charge in [-0.15, -0.1) is 0 Å². The number of aromatic amines is 1. The van der Waals surface area contributed by atoms with E-state index >= 15 is 0 Å². The zero-order chi connectivity index (χ0) is 26.5. The Hall–Kier alpha value is -4.41.